The quantitative estimate of drug-likeness (QED) is 0.261. The minimum absolute atomic E-state index is 0.0920. The van der Waals surface area contributed by atoms with Crippen LogP contribution >= 0.6 is 0 Å². The van der Waals surface area contributed by atoms with Crippen molar-refractivity contribution in [1.82, 2.24) is 4.90 Å². The number of hydrogen-bond donors (Lipinski definition) is 2. The summed E-state index contributed by atoms with van der Waals surface area (Å²) in [5.74, 6) is -1.07. The van der Waals surface area contributed by atoms with Crippen molar-refractivity contribution in [1.29, 1.82) is 0 Å². The van der Waals surface area contributed by atoms with Gasteiger partial charge in [0.1, 0.15) is 5.75 Å². The van der Waals surface area contributed by atoms with Gasteiger partial charge in [-0.25, -0.2) is 4.79 Å². The van der Waals surface area contributed by atoms with Gasteiger partial charge in [-0.2, -0.15) is 13.2 Å². The van der Waals surface area contributed by atoms with Crippen LogP contribution in [-0.2, 0) is 15.8 Å². The van der Waals surface area contributed by atoms with Crippen molar-refractivity contribution in [2.45, 2.75) is 63.3 Å². The van der Waals surface area contributed by atoms with Gasteiger partial charge in [-0.15, -0.1) is 0 Å². The van der Waals surface area contributed by atoms with Crippen LogP contribution in [0.2, 0.25) is 0 Å². The van der Waals surface area contributed by atoms with Gasteiger partial charge in [0.2, 0.25) is 11.8 Å². The first-order chi connectivity index (χ1) is 22.9. The molecule has 2 aliphatic heterocycles. The van der Waals surface area contributed by atoms with E-state index < -0.39 is 35.5 Å². The van der Waals surface area contributed by atoms with Gasteiger partial charge >= 0.3 is 12.2 Å². The minimum atomic E-state index is -4.78. The number of hydrogen-bond acceptors (Lipinski definition) is 6. The molecule has 3 fully saturated rings. The van der Waals surface area contributed by atoms with Crippen molar-refractivity contribution in [3.63, 3.8) is 0 Å². The van der Waals surface area contributed by atoms with Crippen LogP contribution < -0.4 is 25.2 Å². The first-order valence-corrected chi connectivity index (χ1v) is 16.0. The van der Waals surface area contributed by atoms with Crippen LogP contribution in [0.5, 0.6) is 5.75 Å². The maximum Gasteiger partial charge on any atom is 0.416 e. The third-order valence-electron chi connectivity index (χ3n) is 9.04. The number of carbonyl (C=O) groups excluding carboxylic acids is 4. The summed E-state index contributed by atoms with van der Waals surface area (Å²) in [5.41, 5.74) is 0.443. The Hall–Kier alpha value is -5.07. The maximum atomic E-state index is 13.7. The number of amides is 5. The highest BCUT2D eigenvalue weighted by molar-refractivity contribution is 6.20. The molecule has 0 radical (unpaired) electrons. The van der Waals surface area contributed by atoms with Crippen molar-refractivity contribution < 1.29 is 37.1 Å². The van der Waals surface area contributed by atoms with Gasteiger partial charge in [0.25, 0.3) is 5.91 Å². The number of rotatable bonds is 8. The van der Waals surface area contributed by atoms with Crippen LogP contribution in [0.3, 0.4) is 0 Å². The SMILES string of the molecule is CN(C(=O)c1cc(N2C(=O)CCC2=O)cc(C(F)(F)F)c1)C1CCN(c2ccc(NC(=O)Nc3ccc(OC4CCCC4)cc3)cc2)C1. The maximum absolute atomic E-state index is 13.7. The molecule has 3 aromatic carbocycles. The molecule has 2 saturated heterocycles. The summed E-state index contributed by atoms with van der Waals surface area (Å²) in [6, 6.07) is 16.4. The van der Waals surface area contributed by atoms with Crippen LogP contribution in [0, 0.1) is 0 Å². The van der Waals surface area contributed by atoms with Gasteiger partial charge in [-0.05, 0) is 98.8 Å². The molecular weight excluding hydrogens is 627 g/mol. The molecule has 6 rings (SSSR count). The number of likely N-dealkylation sites (N-methyl/N-ethyl adjacent to an activating group) is 1. The molecule has 2 heterocycles. The third-order valence-corrected chi connectivity index (χ3v) is 9.04. The molecule has 48 heavy (non-hydrogen) atoms. The summed E-state index contributed by atoms with van der Waals surface area (Å²) in [7, 11) is 1.53. The Balaban J connectivity index is 1.05. The number of anilines is 4. The molecule has 10 nitrogen and oxygen atoms in total. The summed E-state index contributed by atoms with van der Waals surface area (Å²) in [4.78, 5) is 54.7. The van der Waals surface area contributed by atoms with Gasteiger partial charge in [-0.1, -0.05) is 0 Å². The average Bonchev–Trinajstić information content (AvgIpc) is 3.83. The lowest BCUT2D eigenvalue weighted by Crippen LogP contribution is -2.39. The number of urea groups is 1. The summed E-state index contributed by atoms with van der Waals surface area (Å²) in [6.45, 7) is 1.03. The lowest BCUT2D eigenvalue weighted by molar-refractivity contribution is -0.137. The highest BCUT2D eigenvalue weighted by Crippen LogP contribution is 2.35. The lowest BCUT2D eigenvalue weighted by Gasteiger charge is -2.26. The molecule has 2 N–H and O–H groups in total. The van der Waals surface area contributed by atoms with Crippen molar-refractivity contribution in [2.24, 2.45) is 0 Å². The second kappa shape index (κ2) is 13.6. The van der Waals surface area contributed by atoms with E-state index in [-0.39, 0.29) is 36.2 Å². The van der Waals surface area contributed by atoms with E-state index in [1.807, 2.05) is 29.2 Å². The van der Waals surface area contributed by atoms with E-state index in [9.17, 15) is 32.3 Å². The molecule has 3 aromatic rings. The number of imide groups is 1. The Labute approximate surface area is 275 Å². The predicted molar refractivity (Wildman–Crippen MR) is 174 cm³/mol. The molecular formula is C35H36F3N5O5. The zero-order chi connectivity index (χ0) is 34.0. The third kappa shape index (κ3) is 7.40. The van der Waals surface area contributed by atoms with E-state index >= 15 is 0 Å². The first kappa shape index (κ1) is 32.9. The number of nitrogens with one attached hydrogen (secondary N) is 2. The number of nitrogens with zero attached hydrogens (tertiary/aromatic N) is 3. The van der Waals surface area contributed by atoms with Crippen molar-refractivity contribution in [3.8, 4) is 5.75 Å². The molecule has 0 aromatic heterocycles. The average molecular weight is 664 g/mol. The summed E-state index contributed by atoms with van der Waals surface area (Å²) in [6.07, 6.45) is 0.364. The molecule has 3 aliphatic rings. The van der Waals surface area contributed by atoms with Gasteiger partial charge in [0.05, 0.1) is 23.4 Å². The van der Waals surface area contributed by atoms with Crippen molar-refractivity contribution >= 4 is 46.5 Å². The predicted octanol–water partition coefficient (Wildman–Crippen LogP) is 6.68. The fourth-order valence-corrected chi connectivity index (χ4v) is 6.42. The van der Waals surface area contributed by atoms with Crippen LogP contribution in [0.1, 0.15) is 60.9 Å². The van der Waals surface area contributed by atoms with Crippen LogP contribution in [0.4, 0.5) is 40.7 Å². The van der Waals surface area contributed by atoms with Crippen molar-refractivity contribution in [3.05, 3.63) is 77.9 Å². The molecule has 1 atom stereocenters. The fraction of sp³-hybridized carbons (Fsp3) is 0.371. The molecule has 0 bridgehead atoms. The van der Waals surface area contributed by atoms with Crippen molar-refractivity contribution in [2.75, 3.05) is 40.6 Å². The molecule has 1 aliphatic carbocycles. The van der Waals surface area contributed by atoms with Gasteiger partial charge in [-0.3, -0.25) is 19.3 Å². The number of benzene rings is 3. The monoisotopic (exact) mass is 663 g/mol. The van der Waals surface area contributed by atoms with Crippen LogP contribution in [0.25, 0.3) is 0 Å². The van der Waals surface area contributed by atoms with E-state index in [2.05, 4.69) is 10.6 Å². The Morgan fingerprint density at radius 3 is 2.04 bits per heavy atom. The highest BCUT2D eigenvalue weighted by atomic mass is 19.4. The zero-order valence-corrected chi connectivity index (χ0v) is 26.4. The Kier molecular flexibility index (Phi) is 9.29. The summed E-state index contributed by atoms with van der Waals surface area (Å²) >= 11 is 0. The Morgan fingerprint density at radius 2 is 1.44 bits per heavy atom. The Bertz CT molecular complexity index is 1670. The number of halogens is 3. The zero-order valence-electron chi connectivity index (χ0n) is 26.4. The van der Waals surface area contributed by atoms with Gasteiger partial charge in [0.15, 0.2) is 0 Å². The van der Waals surface area contributed by atoms with E-state index in [1.54, 1.807) is 24.3 Å². The Morgan fingerprint density at radius 1 is 0.833 bits per heavy atom. The largest absolute Gasteiger partial charge is 0.490 e. The second-order valence-electron chi connectivity index (χ2n) is 12.4. The van der Waals surface area contributed by atoms with Crippen LogP contribution in [0.15, 0.2) is 66.7 Å². The molecule has 13 heteroatoms. The lowest BCUT2D eigenvalue weighted by atomic mass is 10.1. The molecule has 0 spiro atoms. The molecule has 252 valence electrons. The highest BCUT2D eigenvalue weighted by Gasteiger charge is 2.37. The fourth-order valence-electron chi connectivity index (χ4n) is 6.42. The van der Waals surface area contributed by atoms with Gasteiger partial charge < -0.3 is 25.2 Å². The molecule has 5 amide bonds. The topological polar surface area (TPSA) is 111 Å². The molecule has 1 unspecified atom stereocenters. The summed E-state index contributed by atoms with van der Waals surface area (Å²) in [5, 5.41) is 5.62. The number of ether oxygens (including phenoxy) is 1. The first-order valence-electron chi connectivity index (χ1n) is 16.0. The number of alkyl halides is 3. The molecule has 1 saturated carbocycles. The minimum Gasteiger partial charge on any atom is -0.490 e. The number of carbonyl (C=O) groups is 4. The van der Waals surface area contributed by atoms with E-state index in [1.165, 1.54) is 30.9 Å². The standard InChI is InChI=1S/C35H36F3N5O5/c1-41(33(46)22-18-23(35(36,37)38)20-28(19-22)43-31(44)14-15-32(43)45)27-16-17-42(21-27)26-10-6-24(7-11-26)39-34(47)40-25-8-12-30(13-9-25)48-29-4-2-3-5-29/h6-13,18-20,27,29H,2-5,14-17,21H2,1H3,(H2,39,40,47). The van der Waals surface area contributed by atoms with E-state index in [4.69, 9.17) is 4.74 Å². The second-order valence-corrected chi connectivity index (χ2v) is 12.4. The van der Waals surface area contributed by atoms with E-state index in [0.717, 1.165) is 41.3 Å². The van der Waals surface area contributed by atoms with Gasteiger partial charge in [0, 0.05) is 55.6 Å². The van der Waals surface area contributed by atoms with Crippen LogP contribution in [-0.4, -0.2) is 60.9 Å². The summed E-state index contributed by atoms with van der Waals surface area (Å²) < 4.78 is 47.2. The van der Waals surface area contributed by atoms with E-state index in [0.29, 0.717) is 30.9 Å². The normalized spacial score (nSPS) is 18.4. The smallest absolute Gasteiger partial charge is 0.416 e.